The van der Waals surface area contributed by atoms with Crippen LogP contribution in [0.15, 0.2) is 0 Å². The minimum Gasteiger partial charge on any atom is -0.351 e. The van der Waals surface area contributed by atoms with E-state index in [1.165, 1.54) is 19.3 Å². The molecule has 0 aromatic rings. The Labute approximate surface area is 93.0 Å². The lowest BCUT2D eigenvalue weighted by Crippen LogP contribution is -2.47. The van der Waals surface area contributed by atoms with Gasteiger partial charge in [0.25, 0.3) is 0 Å². The van der Waals surface area contributed by atoms with Crippen molar-refractivity contribution in [2.24, 2.45) is 0 Å². The van der Waals surface area contributed by atoms with E-state index in [1.54, 1.807) is 0 Å². The molecule has 1 fully saturated rings. The van der Waals surface area contributed by atoms with Crippen LogP contribution >= 0.6 is 0 Å². The van der Waals surface area contributed by atoms with Crippen LogP contribution in [0, 0.1) is 0 Å². The maximum atomic E-state index is 11.7. The molecule has 88 valence electrons. The van der Waals surface area contributed by atoms with Crippen LogP contribution < -0.4 is 10.6 Å². The van der Waals surface area contributed by atoms with Gasteiger partial charge >= 0.3 is 0 Å². The van der Waals surface area contributed by atoms with Gasteiger partial charge in [-0.05, 0) is 39.8 Å². The molecular weight excluding hydrogens is 188 g/mol. The first-order valence-corrected chi connectivity index (χ1v) is 6.12. The number of carbonyl (C=O) groups excluding carboxylic acids is 1. The highest BCUT2D eigenvalue weighted by Gasteiger charge is 2.27. The smallest absolute Gasteiger partial charge is 0.220 e. The van der Waals surface area contributed by atoms with Crippen LogP contribution in [0.25, 0.3) is 0 Å². The number of carbonyl (C=O) groups is 1. The van der Waals surface area contributed by atoms with E-state index in [4.69, 9.17) is 0 Å². The molecule has 0 spiro atoms. The zero-order chi connectivity index (χ0) is 11.1. The lowest BCUT2D eigenvalue weighted by molar-refractivity contribution is -0.123. The van der Waals surface area contributed by atoms with Crippen LogP contribution in [-0.2, 0) is 4.79 Å². The van der Waals surface area contributed by atoms with Crippen molar-refractivity contribution < 1.29 is 4.79 Å². The Morgan fingerprint density at radius 1 is 1.27 bits per heavy atom. The molecule has 0 aliphatic heterocycles. The van der Waals surface area contributed by atoms with Gasteiger partial charge in [0.1, 0.15) is 0 Å². The van der Waals surface area contributed by atoms with E-state index in [1.807, 2.05) is 7.05 Å². The van der Waals surface area contributed by atoms with E-state index in [0.717, 1.165) is 25.8 Å². The summed E-state index contributed by atoms with van der Waals surface area (Å²) in [5.41, 5.74) is 0.0783. The SMILES string of the molecule is CNCCCC(=O)NC1(C)CCCCC1. The molecule has 1 aliphatic carbocycles. The Morgan fingerprint density at radius 2 is 1.93 bits per heavy atom. The number of nitrogens with one attached hydrogen (secondary N) is 2. The fourth-order valence-electron chi connectivity index (χ4n) is 2.28. The molecule has 15 heavy (non-hydrogen) atoms. The summed E-state index contributed by atoms with van der Waals surface area (Å²) in [5, 5.41) is 6.24. The van der Waals surface area contributed by atoms with Crippen molar-refractivity contribution in [1.29, 1.82) is 0 Å². The van der Waals surface area contributed by atoms with Crippen LogP contribution in [0.3, 0.4) is 0 Å². The van der Waals surface area contributed by atoms with Gasteiger partial charge in [0.2, 0.25) is 5.91 Å². The fraction of sp³-hybridized carbons (Fsp3) is 0.917. The topological polar surface area (TPSA) is 41.1 Å². The summed E-state index contributed by atoms with van der Waals surface area (Å²) < 4.78 is 0. The monoisotopic (exact) mass is 212 g/mol. The highest BCUT2D eigenvalue weighted by Crippen LogP contribution is 2.27. The Hall–Kier alpha value is -0.570. The molecule has 0 radical (unpaired) electrons. The van der Waals surface area contributed by atoms with Gasteiger partial charge in [-0.1, -0.05) is 19.3 Å². The normalized spacial score (nSPS) is 19.9. The molecule has 1 amide bonds. The maximum absolute atomic E-state index is 11.7. The van der Waals surface area contributed by atoms with Crippen molar-refractivity contribution in [1.82, 2.24) is 10.6 Å². The molecule has 0 saturated heterocycles. The molecule has 0 atom stereocenters. The molecule has 0 heterocycles. The number of rotatable bonds is 5. The van der Waals surface area contributed by atoms with E-state index >= 15 is 0 Å². The van der Waals surface area contributed by atoms with E-state index in [9.17, 15) is 4.79 Å². The lowest BCUT2D eigenvalue weighted by Gasteiger charge is -2.34. The molecule has 1 aliphatic rings. The number of amides is 1. The molecule has 0 unspecified atom stereocenters. The average molecular weight is 212 g/mol. The highest BCUT2D eigenvalue weighted by atomic mass is 16.1. The lowest BCUT2D eigenvalue weighted by atomic mass is 9.83. The van der Waals surface area contributed by atoms with E-state index in [0.29, 0.717) is 6.42 Å². The van der Waals surface area contributed by atoms with Crippen LogP contribution in [-0.4, -0.2) is 25.0 Å². The van der Waals surface area contributed by atoms with Crippen molar-refractivity contribution >= 4 is 5.91 Å². The summed E-state index contributed by atoms with van der Waals surface area (Å²) in [5.74, 6) is 0.217. The van der Waals surface area contributed by atoms with E-state index < -0.39 is 0 Å². The van der Waals surface area contributed by atoms with Crippen molar-refractivity contribution in [3.8, 4) is 0 Å². The third kappa shape index (κ3) is 4.65. The summed E-state index contributed by atoms with van der Waals surface area (Å²) in [6.07, 6.45) is 7.70. The highest BCUT2D eigenvalue weighted by molar-refractivity contribution is 5.76. The Bertz CT molecular complexity index is 198. The molecule has 0 aromatic heterocycles. The summed E-state index contributed by atoms with van der Waals surface area (Å²) in [6, 6.07) is 0. The van der Waals surface area contributed by atoms with Crippen molar-refractivity contribution in [2.45, 2.75) is 57.4 Å². The molecule has 2 N–H and O–H groups in total. The van der Waals surface area contributed by atoms with E-state index in [2.05, 4.69) is 17.6 Å². The second-order valence-corrected chi connectivity index (χ2v) is 4.88. The largest absolute Gasteiger partial charge is 0.351 e. The van der Waals surface area contributed by atoms with Gasteiger partial charge in [-0.2, -0.15) is 0 Å². The van der Waals surface area contributed by atoms with Gasteiger partial charge in [-0.3, -0.25) is 4.79 Å². The predicted molar refractivity (Wildman–Crippen MR) is 62.8 cm³/mol. The molecular formula is C12H24N2O. The van der Waals surface area contributed by atoms with Crippen LogP contribution in [0.1, 0.15) is 51.9 Å². The van der Waals surface area contributed by atoms with Gasteiger partial charge in [-0.25, -0.2) is 0 Å². The molecule has 3 heteroatoms. The minimum atomic E-state index is 0.0783. The Kier molecular flexibility index (Phi) is 5.09. The van der Waals surface area contributed by atoms with Gasteiger partial charge in [0, 0.05) is 12.0 Å². The van der Waals surface area contributed by atoms with Crippen LogP contribution in [0.5, 0.6) is 0 Å². The summed E-state index contributed by atoms with van der Waals surface area (Å²) in [4.78, 5) is 11.7. The van der Waals surface area contributed by atoms with Crippen LogP contribution in [0.2, 0.25) is 0 Å². The van der Waals surface area contributed by atoms with Crippen molar-refractivity contribution in [2.75, 3.05) is 13.6 Å². The fourth-order valence-corrected chi connectivity index (χ4v) is 2.28. The third-order valence-electron chi connectivity index (χ3n) is 3.23. The first-order chi connectivity index (χ1) is 7.16. The van der Waals surface area contributed by atoms with Gasteiger partial charge < -0.3 is 10.6 Å². The summed E-state index contributed by atoms with van der Waals surface area (Å²) in [7, 11) is 1.92. The molecule has 1 saturated carbocycles. The first-order valence-electron chi connectivity index (χ1n) is 6.12. The summed E-state index contributed by atoms with van der Waals surface area (Å²) in [6.45, 7) is 3.10. The molecule has 0 bridgehead atoms. The molecule has 0 aromatic carbocycles. The first kappa shape index (κ1) is 12.5. The summed E-state index contributed by atoms with van der Waals surface area (Å²) >= 11 is 0. The zero-order valence-electron chi connectivity index (χ0n) is 10.1. The maximum Gasteiger partial charge on any atom is 0.220 e. The average Bonchev–Trinajstić information content (AvgIpc) is 2.18. The number of hydrogen-bond donors (Lipinski definition) is 2. The molecule has 1 rings (SSSR count). The van der Waals surface area contributed by atoms with Gasteiger partial charge in [0.15, 0.2) is 0 Å². The second-order valence-electron chi connectivity index (χ2n) is 4.88. The predicted octanol–water partition coefficient (Wildman–Crippen LogP) is 1.82. The zero-order valence-corrected chi connectivity index (χ0v) is 10.1. The number of hydrogen-bond acceptors (Lipinski definition) is 2. The quantitative estimate of drug-likeness (QED) is 0.683. The Balaban J connectivity index is 2.23. The van der Waals surface area contributed by atoms with E-state index in [-0.39, 0.29) is 11.4 Å². The molecule has 3 nitrogen and oxygen atoms in total. The third-order valence-corrected chi connectivity index (χ3v) is 3.23. The van der Waals surface area contributed by atoms with Gasteiger partial charge in [-0.15, -0.1) is 0 Å². The second kappa shape index (κ2) is 6.11. The standard InChI is InChI=1S/C12H24N2O/c1-12(8-4-3-5-9-12)14-11(15)7-6-10-13-2/h13H,3-10H2,1-2H3,(H,14,15). The Morgan fingerprint density at radius 3 is 2.53 bits per heavy atom. The van der Waals surface area contributed by atoms with Gasteiger partial charge in [0.05, 0.1) is 0 Å². The van der Waals surface area contributed by atoms with Crippen molar-refractivity contribution in [3.05, 3.63) is 0 Å². The van der Waals surface area contributed by atoms with Crippen molar-refractivity contribution in [3.63, 3.8) is 0 Å². The van der Waals surface area contributed by atoms with Crippen LogP contribution in [0.4, 0.5) is 0 Å². The minimum absolute atomic E-state index is 0.0783.